The number of alkyl halides is 3. The topological polar surface area (TPSA) is 57.6 Å². The van der Waals surface area contributed by atoms with E-state index in [0.29, 0.717) is 4.90 Å². The van der Waals surface area contributed by atoms with Crippen molar-refractivity contribution in [1.29, 1.82) is 0 Å². The van der Waals surface area contributed by atoms with E-state index in [1.54, 1.807) is 0 Å². The van der Waals surface area contributed by atoms with Crippen LogP contribution in [0.25, 0.3) is 0 Å². The molecule has 1 aliphatic rings. The molecule has 8 heteroatoms. The molecule has 0 fully saturated rings. The lowest BCUT2D eigenvalue weighted by Gasteiger charge is -2.30. The third kappa shape index (κ3) is 2.45. The first-order valence-electron chi connectivity index (χ1n) is 5.61. The number of amides is 1. The van der Waals surface area contributed by atoms with E-state index >= 15 is 0 Å². The SMILES string of the molecule is O=C(O)c1ccc(F)c2c1CCN(C(=O)C(F)(F)F)C2. The molecular weight excluding hydrogens is 282 g/mol. The van der Waals surface area contributed by atoms with Gasteiger partial charge in [-0.2, -0.15) is 13.2 Å². The van der Waals surface area contributed by atoms with Crippen LogP contribution in [0.1, 0.15) is 21.5 Å². The number of carboxylic acid groups (broad SMARTS) is 1. The van der Waals surface area contributed by atoms with Crippen LogP contribution < -0.4 is 0 Å². The van der Waals surface area contributed by atoms with Crippen molar-refractivity contribution in [1.82, 2.24) is 4.90 Å². The van der Waals surface area contributed by atoms with Crippen LogP contribution in [0.4, 0.5) is 17.6 Å². The third-order valence-electron chi connectivity index (χ3n) is 3.11. The molecule has 1 heterocycles. The molecule has 0 aliphatic carbocycles. The van der Waals surface area contributed by atoms with E-state index in [1.807, 2.05) is 0 Å². The first-order valence-corrected chi connectivity index (χ1v) is 5.61. The fourth-order valence-corrected chi connectivity index (χ4v) is 2.19. The van der Waals surface area contributed by atoms with Crippen LogP contribution in [-0.2, 0) is 17.8 Å². The van der Waals surface area contributed by atoms with Crippen LogP contribution >= 0.6 is 0 Å². The van der Waals surface area contributed by atoms with E-state index in [2.05, 4.69) is 0 Å². The van der Waals surface area contributed by atoms with Gasteiger partial charge in [0.1, 0.15) is 5.82 Å². The summed E-state index contributed by atoms with van der Waals surface area (Å²) in [5, 5.41) is 8.95. The van der Waals surface area contributed by atoms with Gasteiger partial charge in [0.2, 0.25) is 0 Å². The monoisotopic (exact) mass is 291 g/mol. The Morgan fingerprint density at radius 3 is 2.40 bits per heavy atom. The first kappa shape index (κ1) is 14.3. The van der Waals surface area contributed by atoms with Crippen LogP contribution in [0, 0.1) is 5.82 Å². The molecule has 1 aromatic carbocycles. The van der Waals surface area contributed by atoms with Crippen LogP contribution in [0.5, 0.6) is 0 Å². The number of benzene rings is 1. The Labute approximate surface area is 110 Å². The fraction of sp³-hybridized carbons (Fsp3) is 0.333. The quantitative estimate of drug-likeness (QED) is 0.805. The summed E-state index contributed by atoms with van der Waals surface area (Å²) in [4.78, 5) is 22.6. The van der Waals surface area contributed by atoms with Gasteiger partial charge in [-0.3, -0.25) is 4.79 Å². The van der Waals surface area contributed by atoms with Crippen molar-refractivity contribution < 1.29 is 32.3 Å². The molecule has 1 aromatic rings. The lowest BCUT2D eigenvalue weighted by atomic mass is 9.94. The standard InChI is InChI=1S/C12H9F4NO3/c13-9-2-1-7(10(18)19)6-3-4-17(5-8(6)9)11(20)12(14,15)16/h1-2H,3-5H2,(H,18,19). The third-order valence-corrected chi connectivity index (χ3v) is 3.11. The zero-order valence-corrected chi connectivity index (χ0v) is 10.00. The number of carboxylic acids is 1. The van der Waals surface area contributed by atoms with Gasteiger partial charge in [-0.15, -0.1) is 0 Å². The smallest absolute Gasteiger partial charge is 0.471 e. The molecule has 1 aliphatic heterocycles. The average Bonchev–Trinajstić information content (AvgIpc) is 2.36. The number of carbonyl (C=O) groups is 2. The Morgan fingerprint density at radius 1 is 1.20 bits per heavy atom. The number of hydrogen-bond acceptors (Lipinski definition) is 2. The molecule has 1 N–H and O–H groups in total. The number of hydrogen-bond donors (Lipinski definition) is 1. The van der Waals surface area contributed by atoms with Gasteiger partial charge in [0.25, 0.3) is 0 Å². The number of halogens is 4. The molecule has 0 aromatic heterocycles. The summed E-state index contributed by atoms with van der Waals surface area (Å²) >= 11 is 0. The highest BCUT2D eigenvalue weighted by Gasteiger charge is 2.43. The highest BCUT2D eigenvalue weighted by molar-refractivity contribution is 5.90. The maximum Gasteiger partial charge on any atom is 0.471 e. The van der Waals surface area contributed by atoms with E-state index in [9.17, 15) is 27.2 Å². The summed E-state index contributed by atoms with van der Waals surface area (Å²) in [5.74, 6) is -4.15. The highest BCUT2D eigenvalue weighted by atomic mass is 19.4. The van der Waals surface area contributed by atoms with E-state index < -0.39 is 30.4 Å². The van der Waals surface area contributed by atoms with Gasteiger partial charge in [-0.05, 0) is 24.1 Å². The van der Waals surface area contributed by atoms with Crippen LogP contribution in [0.2, 0.25) is 0 Å². The van der Waals surface area contributed by atoms with Crippen LogP contribution in [-0.4, -0.2) is 34.6 Å². The highest BCUT2D eigenvalue weighted by Crippen LogP contribution is 2.28. The Morgan fingerprint density at radius 2 is 1.85 bits per heavy atom. The first-order chi connectivity index (χ1) is 9.21. The summed E-state index contributed by atoms with van der Waals surface area (Å²) in [6, 6.07) is 1.95. The second-order valence-corrected chi connectivity index (χ2v) is 4.33. The molecular formula is C12H9F4NO3. The summed E-state index contributed by atoms with van der Waals surface area (Å²) in [6.45, 7) is -0.879. The summed E-state index contributed by atoms with van der Waals surface area (Å²) < 4.78 is 50.7. The normalized spacial score (nSPS) is 14.9. The minimum Gasteiger partial charge on any atom is -0.478 e. The van der Waals surface area contributed by atoms with Crippen molar-refractivity contribution >= 4 is 11.9 Å². The van der Waals surface area contributed by atoms with Crippen molar-refractivity contribution in [2.45, 2.75) is 19.1 Å². The molecule has 0 atom stereocenters. The van der Waals surface area contributed by atoms with Crippen molar-refractivity contribution in [2.24, 2.45) is 0 Å². The van der Waals surface area contributed by atoms with Gasteiger partial charge in [0.15, 0.2) is 0 Å². The predicted molar refractivity (Wildman–Crippen MR) is 58.5 cm³/mol. The lowest BCUT2D eigenvalue weighted by molar-refractivity contribution is -0.186. The Balaban J connectivity index is 2.38. The predicted octanol–water partition coefficient (Wildman–Crippen LogP) is 1.97. The molecule has 1 amide bonds. The van der Waals surface area contributed by atoms with Gasteiger partial charge in [-0.25, -0.2) is 9.18 Å². The van der Waals surface area contributed by atoms with E-state index in [4.69, 9.17) is 5.11 Å². The molecule has 0 bridgehead atoms. The second kappa shape index (κ2) is 4.77. The second-order valence-electron chi connectivity index (χ2n) is 4.33. The Hall–Kier alpha value is -2.12. The zero-order chi connectivity index (χ0) is 15.1. The number of aromatic carboxylic acids is 1. The molecule has 0 saturated carbocycles. The zero-order valence-electron chi connectivity index (χ0n) is 10.00. The summed E-state index contributed by atoms with van der Waals surface area (Å²) in [5.41, 5.74) is -0.182. The summed E-state index contributed by atoms with van der Waals surface area (Å²) in [7, 11) is 0. The van der Waals surface area contributed by atoms with Gasteiger partial charge in [0.05, 0.1) is 5.56 Å². The largest absolute Gasteiger partial charge is 0.478 e. The number of carbonyl (C=O) groups excluding carboxylic acids is 1. The van der Waals surface area contributed by atoms with Gasteiger partial charge in [0, 0.05) is 18.7 Å². The minimum atomic E-state index is -5.03. The molecule has 0 radical (unpaired) electrons. The van der Waals surface area contributed by atoms with Crippen LogP contribution in [0.15, 0.2) is 12.1 Å². The number of rotatable bonds is 1. The summed E-state index contributed by atoms with van der Waals surface area (Å²) in [6.07, 6.45) is -5.16. The van der Waals surface area contributed by atoms with Crippen molar-refractivity contribution in [3.8, 4) is 0 Å². The van der Waals surface area contributed by atoms with Gasteiger partial charge < -0.3 is 10.0 Å². The maximum absolute atomic E-state index is 13.6. The van der Waals surface area contributed by atoms with Crippen molar-refractivity contribution in [2.75, 3.05) is 6.54 Å². The van der Waals surface area contributed by atoms with Gasteiger partial charge in [-0.1, -0.05) is 0 Å². The Bertz CT molecular complexity index is 583. The Kier molecular flexibility index (Phi) is 3.41. The van der Waals surface area contributed by atoms with Gasteiger partial charge >= 0.3 is 18.1 Å². The van der Waals surface area contributed by atoms with E-state index in [0.717, 1.165) is 12.1 Å². The maximum atomic E-state index is 13.6. The molecule has 0 unspecified atom stereocenters. The molecule has 20 heavy (non-hydrogen) atoms. The van der Waals surface area contributed by atoms with Crippen molar-refractivity contribution in [3.05, 3.63) is 34.6 Å². The average molecular weight is 291 g/mol. The molecule has 108 valence electrons. The number of nitrogens with zero attached hydrogens (tertiary/aromatic N) is 1. The molecule has 2 rings (SSSR count). The van der Waals surface area contributed by atoms with E-state index in [-0.39, 0.29) is 29.7 Å². The fourth-order valence-electron chi connectivity index (χ4n) is 2.19. The van der Waals surface area contributed by atoms with E-state index in [1.165, 1.54) is 0 Å². The van der Waals surface area contributed by atoms with Crippen LogP contribution in [0.3, 0.4) is 0 Å². The number of fused-ring (bicyclic) bond motifs is 1. The molecule has 0 saturated heterocycles. The molecule has 4 nitrogen and oxygen atoms in total. The molecule has 0 spiro atoms. The lowest BCUT2D eigenvalue weighted by Crippen LogP contribution is -2.44. The van der Waals surface area contributed by atoms with Crippen molar-refractivity contribution in [3.63, 3.8) is 0 Å². The minimum absolute atomic E-state index is 0.128.